The van der Waals surface area contributed by atoms with Gasteiger partial charge in [0.2, 0.25) is 0 Å². The van der Waals surface area contributed by atoms with E-state index in [4.69, 9.17) is 14.2 Å². The van der Waals surface area contributed by atoms with Crippen LogP contribution in [0.5, 0.6) is 0 Å². The Labute approximate surface area is 360 Å². The first kappa shape index (κ1) is 55.2. The molecule has 0 heterocycles. The molecule has 0 amide bonds. The number of hydrogen-bond acceptors (Lipinski definition) is 6. The van der Waals surface area contributed by atoms with Crippen molar-refractivity contribution < 1.29 is 38.2 Å². The van der Waals surface area contributed by atoms with Crippen LogP contribution in [0.15, 0.2) is 97.2 Å². The van der Waals surface area contributed by atoms with E-state index in [1.807, 2.05) is 27.2 Å². The zero-order chi connectivity index (χ0) is 43.5. The number of rotatable bonds is 39. The van der Waals surface area contributed by atoms with Gasteiger partial charge in [-0.25, -0.2) is 4.79 Å². The monoisotopic (exact) mass is 823 g/mol. The molecule has 0 radical (unpaired) electrons. The van der Waals surface area contributed by atoms with E-state index in [1.165, 1.54) is 12.8 Å². The summed E-state index contributed by atoms with van der Waals surface area (Å²) in [5.74, 6) is -1.53. The molecule has 2 unspecified atom stereocenters. The minimum absolute atomic E-state index is 0.0417. The Bertz CT molecular complexity index is 1280. The Morgan fingerprint density at radius 1 is 0.525 bits per heavy atom. The number of unbranched alkanes of at least 4 members (excludes halogenated alkanes) is 11. The summed E-state index contributed by atoms with van der Waals surface area (Å²) < 4.78 is 17.2. The third kappa shape index (κ3) is 39.5. The van der Waals surface area contributed by atoms with Crippen LogP contribution in [0.1, 0.15) is 155 Å². The van der Waals surface area contributed by atoms with Gasteiger partial charge in [0.1, 0.15) is 6.61 Å². The van der Waals surface area contributed by atoms with Crippen molar-refractivity contribution in [3.63, 3.8) is 0 Å². The summed E-state index contributed by atoms with van der Waals surface area (Å²) in [6, 6.07) is -0.626. The van der Waals surface area contributed by atoms with Gasteiger partial charge in [-0.2, -0.15) is 0 Å². The highest BCUT2D eigenvalue weighted by Crippen LogP contribution is 2.13. The van der Waals surface area contributed by atoms with Crippen molar-refractivity contribution in [2.45, 2.75) is 167 Å². The SMILES string of the molecule is CC/C=C/C=C/C=C/CCCCCCCC(=O)OCC(COCCC(C(=O)O)[N+](C)(C)C)OC(=O)CCCCCCCC/C=C/C/C=C/C/C=C/C/C=C/C/C=C/CC. The summed E-state index contributed by atoms with van der Waals surface area (Å²) in [7, 11) is 5.50. The number of nitrogens with zero attached hydrogens (tertiary/aromatic N) is 1. The zero-order valence-electron chi connectivity index (χ0n) is 37.9. The summed E-state index contributed by atoms with van der Waals surface area (Å²) in [5, 5.41) is 9.63. The predicted octanol–water partition coefficient (Wildman–Crippen LogP) is 12.7. The molecule has 334 valence electrons. The van der Waals surface area contributed by atoms with E-state index in [9.17, 15) is 19.5 Å². The van der Waals surface area contributed by atoms with E-state index in [2.05, 4.69) is 105 Å². The largest absolute Gasteiger partial charge is 0.477 e. The average Bonchev–Trinajstić information content (AvgIpc) is 3.19. The Hall–Kier alpha value is -3.75. The van der Waals surface area contributed by atoms with E-state index >= 15 is 0 Å². The van der Waals surface area contributed by atoms with Crippen LogP contribution in [0.25, 0.3) is 0 Å². The third-order valence-corrected chi connectivity index (χ3v) is 9.54. The molecule has 0 fully saturated rings. The quantitative estimate of drug-likeness (QED) is 0.0217. The fourth-order valence-electron chi connectivity index (χ4n) is 6.06. The van der Waals surface area contributed by atoms with Gasteiger partial charge in [0.15, 0.2) is 12.1 Å². The van der Waals surface area contributed by atoms with E-state index in [0.29, 0.717) is 19.3 Å². The van der Waals surface area contributed by atoms with Gasteiger partial charge < -0.3 is 23.8 Å². The second-order valence-corrected chi connectivity index (χ2v) is 16.0. The van der Waals surface area contributed by atoms with Crippen molar-refractivity contribution in [1.82, 2.24) is 0 Å². The predicted molar refractivity (Wildman–Crippen MR) is 247 cm³/mol. The van der Waals surface area contributed by atoms with Crippen LogP contribution in [0, 0.1) is 0 Å². The number of esters is 2. The van der Waals surface area contributed by atoms with Gasteiger partial charge in [0.05, 0.1) is 34.4 Å². The molecule has 0 aliphatic heterocycles. The fourth-order valence-corrected chi connectivity index (χ4v) is 6.06. The van der Waals surface area contributed by atoms with Gasteiger partial charge in [-0.05, 0) is 77.0 Å². The van der Waals surface area contributed by atoms with E-state index < -0.39 is 18.1 Å². The highest BCUT2D eigenvalue weighted by atomic mass is 16.6. The molecule has 0 aromatic rings. The number of carbonyl (C=O) groups excluding carboxylic acids is 2. The molecule has 0 bridgehead atoms. The van der Waals surface area contributed by atoms with Gasteiger partial charge in [0.25, 0.3) is 0 Å². The lowest BCUT2D eigenvalue weighted by atomic mass is 10.1. The second kappa shape index (κ2) is 41.0. The third-order valence-electron chi connectivity index (χ3n) is 9.54. The summed E-state index contributed by atoms with van der Waals surface area (Å²) in [6.45, 7) is 4.43. The number of carboxylic acid groups (broad SMARTS) is 1. The van der Waals surface area contributed by atoms with E-state index in [1.54, 1.807) is 0 Å². The Morgan fingerprint density at radius 3 is 1.51 bits per heavy atom. The fraction of sp³-hybridized carbons (Fsp3) is 0.627. The molecule has 0 aliphatic carbocycles. The van der Waals surface area contributed by atoms with Crippen LogP contribution in [0.3, 0.4) is 0 Å². The van der Waals surface area contributed by atoms with Crippen molar-refractivity contribution in [2.75, 3.05) is 41.0 Å². The summed E-state index contributed by atoms with van der Waals surface area (Å²) in [4.78, 5) is 37.0. The van der Waals surface area contributed by atoms with Crippen LogP contribution in [-0.4, -0.2) is 80.6 Å². The first-order valence-electron chi connectivity index (χ1n) is 22.8. The maximum absolute atomic E-state index is 12.7. The number of carbonyl (C=O) groups is 3. The van der Waals surface area contributed by atoms with Crippen molar-refractivity contribution >= 4 is 17.9 Å². The van der Waals surface area contributed by atoms with Crippen molar-refractivity contribution in [1.29, 1.82) is 0 Å². The molecule has 8 heteroatoms. The zero-order valence-corrected chi connectivity index (χ0v) is 37.9. The molecule has 0 spiro atoms. The molecule has 0 aromatic heterocycles. The molecule has 0 saturated heterocycles. The highest BCUT2D eigenvalue weighted by Gasteiger charge is 2.31. The molecular weight excluding hydrogens is 739 g/mol. The van der Waals surface area contributed by atoms with Gasteiger partial charge in [-0.1, -0.05) is 156 Å². The maximum atomic E-state index is 12.7. The maximum Gasteiger partial charge on any atom is 0.362 e. The van der Waals surface area contributed by atoms with Crippen LogP contribution in [0.2, 0.25) is 0 Å². The minimum Gasteiger partial charge on any atom is -0.477 e. The van der Waals surface area contributed by atoms with Crippen molar-refractivity contribution in [2.24, 2.45) is 0 Å². The minimum atomic E-state index is -0.886. The van der Waals surface area contributed by atoms with Crippen LogP contribution in [0.4, 0.5) is 0 Å². The molecular formula is C51H84NO7+. The lowest BCUT2D eigenvalue weighted by Crippen LogP contribution is -2.50. The van der Waals surface area contributed by atoms with E-state index in [0.717, 1.165) is 109 Å². The van der Waals surface area contributed by atoms with E-state index in [-0.39, 0.29) is 36.2 Å². The summed E-state index contributed by atoms with van der Waals surface area (Å²) >= 11 is 0. The molecule has 0 aromatic carbocycles. The average molecular weight is 823 g/mol. The Kier molecular flexibility index (Phi) is 38.4. The molecule has 59 heavy (non-hydrogen) atoms. The summed E-state index contributed by atoms with van der Waals surface area (Å²) in [5.41, 5.74) is 0. The first-order chi connectivity index (χ1) is 28.6. The molecule has 0 saturated carbocycles. The topological polar surface area (TPSA) is 99.1 Å². The second-order valence-electron chi connectivity index (χ2n) is 16.0. The summed E-state index contributed by atoms with van der Waals surface area (Å²) in [6.07, 6.45) is 54.5. The number of quaternary nitrogens is 1. The number of aliphatic carboxylic acids is 1. The smallest absolute Gasteiger partial charge is 0.362 e. The van der Waals surface area contributed by atoms with Gasteiger partial charge in [-0.15, -0.1) is 0 Å². The van der Waals surface area contributed by atoms with Crippen LogP contribution < -0.4 is 0 Å². The van der Waals surface area contributed by atoms with Gasteiger partial charge >= 0.3 is 17.9 Å². The van der Waals surface area contributed by atoms with Crippen molar-refractivity contribution in [3.05, 3.63) is 97.2 Å². The first-order valence-corrected chi connectivity index (χ1v) is 22.8. The van der Waals surface area contributed by atoms with Gasteiger partial charge in [-0.3, -0.25) is 9.59 Å². The standard InChI is InChI=1S/C51H83NO7/c1-6-8-10-12-14-16-18-20-21-22-23-24-25-26-27-28-30-32-34-36-38-40-42-50(54)59-47(45-57-44-43-48(51(55)56)52(3,4)5)46-58-49(53)41-39-37-35-33-31-29-19-17-15-13-11-9-7-2/h8-11,13-17,19-21,23-24,26-27,47-48H,6-7,12,18,22,25,28-46H2,1-5H3/p+1/b10-8+,11-9+,15-13+,16-14+,19-17+,21-20+,24-23+,27-26+. The molecule has 0 rings (SSSR count). The lowest BCUT2D eigenvalue weighted by molar-refractivity contribution is -0.887. The normalized spacial score (nSPS) is 13.8. The number of carboxylic acids is 1. The molecule has 8 nitrogen and oxygen atoms in total. The number of hydrogen-bond donors (Lipinski definition) is 1. The molecule has 2 atom stereocenters. The van der Waals surface area contributed by atoms with Gasteiger partial charge in [0, 0.05) is 19.3 Å². The molecule has 1 N–H and O–H groups in total. The Morgan fingerprint density at radius 2 is 0.983 bits per heavy atom. The number of likely N-dealkylation sites (N-methyl/N-ethyl adjacent to an activating group) is 1. The molecule has 0 aliphatic rings. The number of ether oxygens (including phenoxy) is 3. The Balaban J connectivity index is 4.37. The van der Waals surface area contributed by atoms with Crippen LogP contribution >= 0.6 is 0 Å². The number of allylic oxidation sites excluding steroid dienone is 16. The van der Waals surface area contributed by atoms with Crippen LogP contribution in [-0.2, 0) is 28.6 Å². The highest BCUT2D eigenvalue weighted by molar-refractivity contribution is 5.72. The van der Waals surface area contributed by atoms with Crippen molar-refractivity contribution in [3.8, 4) is 0 Å². The lowest BCUT2D eigenvalue weighted by Gasteiger charge is -2.31.